The van der Waals surface area contributed by atoms with Crippen LogP contribution in [0.3, 0.4) is 0 Å². The molecular formula is C16H32N2. The van der Waals surface area contributed by atoms with Gasteiger partial charge in [0.2, 0.25) is 0 Å². The molecule has 2 N–H and O–H groups in total. The summed E-state index contributed by atoms with van der Waals surface area (Å²) in [4.78, 5) is 2.82. The fourth-order valence-electron chi connectivity index (χ4n) is 4.02. The molecule has 0 spiro atoms. The Morgan fingerprint density at radius 1 is 1.22 bits per heavy atom. The van der Waals surface area contributed by atoms with E-state index in [1.807, 2.05) is 0 Å². The Bertz CT molecular complexity index is 272. The van der Waals surface area contributed by atoms with Crippen LogP contribution in [0.25, 0.3) is 0 Å². The highest BCUT2D eigenvalue weighted by molar-refractivity contribution is 5.05. The lowest BCUT2D eigenvalue weighted by Crippen LogP contribution is -2.62. The van der Waals surface area contributed by atoms with E-state index < -0.39 is 0 Å². The molecule has 2 rings (SSSR count). The number of hydrogen-bond donors (Lipinski definition) is 1. The Kier molecular flexibility index (Phi) is 4.38. The first-order valence-electron chi connectivity index (χ1n) is 7.98. The summed E-state index contributed by atoms with van der Waals surface area (Å²) in [6.45, 7) is 11.6. The van der Waals surface area contributed by atoms with Crippen molar-refractivity contribution in [3.05, 3.63) is 0 Å². The lowest BCUT2D eigenvalue weighted by Gasteiger charge is -2.53. The molecule has 2 aliphatic carbocycles. The topological polar surface area (TPSA) is 29.3 Å². The fraction of sp³-hybridized carbons (Fsp3) is 1.00. The average Bonchev–Trinajstić information content (AvgIpc) is 3.14. The molecule has 3 unspecified atom stereocenters. The van der Waals surface area contributed by atoms with Gasteiger partial charge in [0.15, 0.2) is 0 Å². The zero-order valence-electron chi connectivity index (χ0n) is 12.8. The van der Waals surface area contributed by atoms with Crippen LogP contribution < -0.4 is 5.73 Å². The monoisotopic (exact) mass is 252 g/mol. The zero-order chi connectivity index (χ0) is 13.3. The Hall–Kier alpha value is -0.0800. The third kappa shape index (κ3) is 2.60. The van der Waals surface area contributed by atoms with Crippen molar-refractivity contribution in [2.24, 2.45) is 23.5 Å². The van der Waals surface area contributed by atoms with Crippen molar-refractivity contribution in [3.63, 3.8) is 0 Å². The summed E-state index contributed by atoms with van der Waals surface area (Å²) in [5, 5.41) is 0. The van der Waals surface area contributed by atoms with Crippen LogP contribution in [0.1, 0.15) is 59.8 Å². The quantitative estimate of drug-likeness (QED) is 0.814. The largest absolute Gasteiger partial charge is 0.329 e. The van der Waals surface area contributed by atoms with Gasteiger partial charge in [0.25, 0.3) is 0 Å². The van der Waals surface area contributed by atoms with Crippen molar-refractivity contribution < 1.29 is 0 Å². The summed E-state index contributed by atoms with van der Waals surface area (Å²) in [5.74, 6) is 2.32. The van der Waals surface area contributed by atoms with Crippen LogP contribution in [-0.2, 0) is 0 Å². The van der Waals surface area contributed by atoms with E-state index in [4.69, 9.17) is 5.73 Å². The first-order valence-corrected chi connectivity index (χ1v) is 7.98. The maximum absolute atomic E-state index is 6.29. The molecule has 0 saturated heterocycles. The molecular weight excluding hydrogens is 220 g/mol. The van der Waals surface area contributed by atoms with Gasteiger partial charge in [0.1, 0.15) is 0 Å². The minimum absolute atomic E-state index is 0.295. The van der Waals surface area contributed by atoms with Gasteiger partial charge in [-0.1, -0.05) is 40.5 Å². The molecule has 0 amide bonds. The van der Waals surface area contributed by atoms with Gasteiger partial charge < -0.3 is 5.73 Å². The first kappa shape index (κ1) is 14.3. The molecule has 0 radical (unpaired) electrons. The van der Waals surface area contributed by atoms with Gasteiger partial charge in [-0.25, -0.2) is 0 Å². The van der Waals surface area contributed by atoms with Crippen molar-refractivity contribution in [2.75, 3.05) is 13.1 Å². The normalized spacial score (nSPS) is 37.5. The molecule has 2 aliphatic rings. The predicted molar refractivity (Wildman–Crippen MR) is 78.5 cm³/mol. The summed E-state index contributed by atoms with van der Waals surface area (Å²) >= 11 is 0. The molecule has 0 aromatic heterocycles. The van der Waals surface area contributed by atoms with Crippen molar-refractivity contribution >= 4 is 0 Å². The second-order valence-electron chi connectivity index (χ2n) is 7.24. The summed E-state index contributed by atoms with van der Waals surface area (Å²) in [6, 6.07) is 0.837. The van der Waals surface area contributed by atoms with Gasteiger partial charge in [-0.2, -0.15) is 0 Å². The van der Waals surface area contributed by atoms with Crippen molar-refractivity contribution in [3.8, 4) is 0 Å². The van der Waals surface area contributed by atoms with Gasteiger partial charge in [0, 0.05) is 24.7 Å². The van der Waals surface area contributed by atoms with E-state index in [-0.39, 0.29) is 0 Å². The lowest BCUT2D eigenvalue weighted by molar-refractivity contribution is -0.0234. The lowest BCUT2D eigenvalue weighted by atomic mass is 9.67. The van der Waals surface area contributed by atoms with Crippen LogP contribution in [0, 0.1) is 17.8 Å². The molecule has 3 atom stereocenters. The molecule has 0 aromatic rings. The molecule has 18 heavy (non-hydrogen) atoms. The second-order valence-corrected chi connectivity index (χ2v) is 7.24. The fourth-order valence-corrected chi connectivity index (χ4v) is 4.02. The summed E-state index contributed by atoms with van der Waals surface area (Å²) < 4.78 is 0. The molecule has 2 heteroatoms. The Balaban J connectivity index is 2.21. The van der Waals surface area contributed by atoms with E-state index in [2.05, 4.69) is 32.6 Å². The zero-order valence-corrected chi connectivity index (χ0v) is 12.8. The van der Waals surface area contributed by atoms with E-state index >= 15 is 0 Å². The maximum Gasteiger partial charge on any atom is 0.0362 e. The van der Waals surface area contributed by atoms with Crippen LogP contribution in [0.15, 0.2) is 0 Å². The van der Waals surface area contributed by atoms with Crippen LogP contribution in [0.2, 0.25) is 0 Å². The molecule has 0 aliphatic heterocycles. The second kappa shape index (κ2) is 5.50. The van der Waals surface area contributed by atoms with Crippen LogP contribution in [0.5, 0.6) is 0 Å². The van der Waals surface area contributed by atoms with Crippen LogP contribution in [-0.4, -0.2) is 29.6 Å². The molecule has 2 nitrogen and oxygen atoms in total. The highest BCUT2D eigenvalue weighted by Crippen LogP contribution is 2.45. The summed E-state index contributed by atoms with van der Waals surface area (Å²) in [7, 11) is 0. The number of rotatable bonds is 5. The molecule has 2 fully saturated rings. The molecule has 0 bridgehead atoms. The summed E-state index contributed by atoms with van der Waals surface area (Å²) in [5.41, 5.74) is 6.59. The number of nitrogens with two attached hydrogens (primary N) is 1. The number of nitrogens with zero attached hydrogens (tertiary/aromatic N) is 1. The van der Waals surface area contributed by atoms with E-state index in [1.165, 1.54) is 38.6 Å². The van der Waals surface area contributed by atoms with Gasteiger partial charge in [0.05, 0.1) is 0 Å². The Morgan fingerprint density at radius 3 is 2.39 bits per heavy atom. The molecule has 0 aromatic carbocycles. The molecule has 0 heterocycles. The minimum atomic E-state index is 0.295. The van der Waals surface area contributed by atoms with Crippen molar-refractivity contribution in [2.45, 2.75) is 71.4 Å². The smallest absolute Gasteiger partial charge is 0.0362 e. The highest BCUT2D eigenvalue weighted by Gasteiger charge is 2.49. The van der Waals surface area contributed by atoms with E-state index in [9.17, 15) is 0 Å². The van der Waals surface area contributed by atoms with E-state index in [1.54, 1.807) is 0 Å². The van der Waals surface area contributed by atoms with E-state index in [0.717, 1.165) is 30.3 Å². The maximum atomic E-state index is 6.29. The Labute approximate surface area is 113 Å². The molecule has 106 valence electrons. The SMILES string of the molecule is CC(C)CN(C1CC1)C1(CN)CCCC(C)C1C. The average molecular weight is 252 g/mol. The summed E-state index contributed by atoms with van der Waals surface area (Å²) in [6.07, 6.45) is 6.87. The van der Waals surface area contributed by atoms with Gasteiger partial charge in [-0.05, 0) is 37.0 Å². The van der Waals surface area contributed by atoms with Gasteiger partial charge in [-0.15, -0.1) is 0 Å². The van der Waals surface area contributed by atoms with Gasteiger partial charge >= 0.3 is 0 Å². The third-order valence-electron chi connectivity index (χ3n) is 5.45. The minimum Gasteiger partial charge on any atom is -0.329 e. The van der Waals surface area contributed by atoms with Gasteiger partial charge in [-0.3, -0.25) is 4.90 Å². The van der Waals surface area contributed by atoms with Crippen LogP contribution >= 0.6 is 0 Å². The number of hydrogen-bond acceptors (Lipinski definition) is 2. The predicted octanol–water partition coefficient (Wildman–Crippen LogP) is 3.26. The highest BCUT2D eigenvalue weighted by atomic mass is 15.3. The van der Waals surface area contributed by atoms with Crippen LogP contribution in [0.4, 0.5) is 0 Å². The molecule has 2 saturated carbocycles. The Morgan fingerprint density at radius 2 is 1.89 bits per heavy atom. The van der Waals surface area contributed by atoms with Crippen molar-refractivity contribution in [1.82, 2.24) is 4.90 Å². The van der Waals surface area contributed by atoms with Crippen molar-refractivity contribution in [1.29, 1.82) is 0 Å². The third-order valence-corrected chi connectivity index (χ3v) is 5.45. The standard InChI is InChI=1S/C16H32N2/c1-12(2)10-18(15-7-8-15)16(11-17)9-5-6-13(3)14(16)4/h12-15H,5-11,17H2,1-4H3. The van der Waals surface area contributed by atoms with E-state index in [0.29, 0.717) is 5.54 Å². The first-order chi connectivity index (χ1) is 8.51.